The van der Waals surface area contributed by atoms with Gasteiger partial charge in [0.05, 0.1) is 0 Å². The van der Waals surface area contributed by atoms with Gasteiger partial charge in [0.15, 0.2) is 11.8 Å². The number of hydrogen-bond donors (Lipinski definition) is 2. The Kier molecular flexibility index (Phi) is 12.9. The third-order valence-corrected chi connectivity index (χ3v) is 6.35. The molecule has 1 heterocycles. The molecule has 32 heavy (non-hydrogen) atoms. The van der Waals surface area contributed by atoms with Crippen molar-refractivity contribution in [2.45, 2.75) is 91.2 Å². The maximum Gasteiger partial charge on any atom is 0.407 e. The second kappa shape index (κ2) is 14.8. The van der Waals surface area contributed by atoms with Crippen molar-refractivity contribution in [3.05, 3.63) is 16.1 Å². The van der Waals surface area contributed by atoms with Gasteiger partial charge in [-0.3, -0.25) is 4.79 Å². The number of ether oxygens (including phenoxy) is 1. The van der Waals surface area contributed by atoms with Crippen LogP contribution < -0.4 is 5.32 Å². The molecular formula is C23H39N3O5S. The van der Waals surface area contributed by atoms with E-state index in [0.717, 1.165) is 49.9 Å². The summed E-state index contributed by atoms with van der Waals surface area (Å²) in [6.07, 6.45) is 5.52. The number of alkyl carbamates (subject to hydrolysis) is 1. The van der Waals surface area contributed by atoms with Gasteiger partial charge in [0.25, 0.3) is 0 Å². The maximum atomic E-state index is 13.1. The Bertz CT molecular complexity index is 722. The summed E-state index contributed by atoms with van der Waals surface area (Å²) in [5.41, 5.74) is -0.0768. The molecule has 0 spiro atoms. The molecule has 0 saturated heterocycles. The molecule has 0 radical (unpaired) electrons. The largest absolute Gasteiger partial charge is 0.476 e. The lowest BCUT2D eigenvalue weighted by Crippen LogP contribution is -2.45. The highest BCUT2D eigenvalue weighted by Crippen LogP contribution is 2.31. The number of nitrogens with one attached hydrogen (secondary N) is 1. The van der Waals surface area contributed by atoms with Crippen LogP contribution in [0.5, 0.6) is 0 Å². The predicted molar refractivity (Wildman–Crippen MR) is 126 cm³/mol. The van der Waals surface area contributed by atoms with Crippen LogP contribution in [0.1, 0.15) is 101 Å². The molecule has 2 unspecified atom stereocenters. The fraction of sp³-hybridized carbons (Fsp3) is 0.739. The smallest absolute Gasteiger partial charge is 0.407 e. The number of carboxylic acids is 1. The summed E-state index contributed by atoms with van der Waals surface area (Å²) in [6, 6.07) is -0.159. The first-order valence-corrected chi connectivity index (χ1v) is 12.5. The highest BCUT2D eigenvalue weighted by atomic mass is 32.1. The molecule has 0 saturated carbocycles. The van der Waals surface area contributed by atoms with Crippen molar-refractivity contribution in [2.24, 2.45) is 5.92 Å². The number of carbonyl (C=O) groups is 3. The Morgan fingerprint density at radius 1 is 1.16 bits per heavy atom. The van der Waals surface area contributed by atoms with Crippen LogP contribution in [-0.2, 0) is 9.53 Å². The van der Waals surface area contributed by atoms with Crippen LogP contribution >= 0.6 is 11.3 Å². The van der Waals surface area contributed by atoms with Gasteiger partial charge < -0.3 is 20.1 Å². The van der Waals surface area contributed by atoms with Crippen LogP contribution in [0.2, 0.25) is 0 Å². The second-order valence-corrected chi connectivity index (χ2v) is 9.21. The third kappa shape index (κ3) is 9.14. The zero-order chi connectivity index (χ0) is 24.1. The number of carbonyl (C=O) groups excluding carboxylic acids is 2. The lowest BCUT2D eigenvalue weighted by atomic mass is 9.95. The molecule has 0 aliphatic heterocycles. The van der Waals surface area contributed by atoms with Gasteiger partial charge in [-0.2, -0.15) is 0 Å². The van der Waals surface area contributed by atoms with Crippen molar-refractivity contribution in [2.75, 3.05) is 13.6 Å². The Morgan fingerprint density at radius 2 is 1.84 bits per heavy atom. The van der Waals surface area contributed by atoms with Crippen molar-refractivity contribution < 1.29 is 24.2 Å². The summed E-state index contributed by atoms with van der Waals surface area (Å²) in [5.74, 6) is -0.883. The number of hydrogen-bond acceptors (Lipinski definition) is 6. The zero-order valence-corrected chi connectivity index (χ0v) is 20.9. The summed E-state index contributed by atoms with van der Waals surface area (Å²) >= 11 is 1.15. The summed E-state index contributed by atoms with van der Waals surface area (Å²) in [4.78, 5) is 42.5. The number of thiazole rings is 1. The van der Waals surface area contributed by atoms with Gasteiger partial charge in [-0.05, 0) is 18.8 Å². The average molecular weight is 470 g/mol. The molecule has 2 atom stereocenters. The van der Waals surface area contributed by atoms with Crippen LogP contribution in [0.4, 0.5) is 4.79 Å². The standard InChI is InChI=1S/C23H39N3O5S/c1-6-8-10-11-13-26(20(27)12-9-7-2)18(16(3)4)14-19(31-23(30)24-5)21-25-17(15-32-21)22(28)29/h15-16,18-19H,6-14H2,1-5H3,(H,24,30)(H,28,29). The molecule has 1 aromatic heterocycles. The monoisotopic (exact) mass is 469 g/mol. The van der Waals surface area contributed by atoms with E-state index < -0.39 is 18.2 Å². The number of aromatic nitrogens is 1. The van der Waals surface area contributed by atoms with Gasteiger partial charge in [0.1, 0.15) is 5.01 Å². The fourth-order valence-electron chi connectivity index (χ4n) is 3.56. The molecule has 2 amide bonds. The Labute approximate surface area is 195 Å². The van der Waals surface area contributed by atoms with Crippen molar-refractivity contribution in [3.63, 3.8) is 0 Å². The van der Waals surface area contributed by atoms with Crippen molar-refractivity contribution in [1.82, 2.24) is 15.2 Å². The number of nitrogens with zero attached hydrogens (tertiary/aromatic N) is 2. The fourth-order valence-corrected chi connectivity index (χ4v) is 4.39. The molecule has 2 N–H and O–H groups in total. The van der Waals surface area contributed by atoms with Crippen LogP contribution in [0.15, 0.2) is 5.38 Å². The molecule has 0 aromatic carbocycles. The summed E-state index contributed by atoms with van der Waals surface area (Å²) < 4.78 is 5.58. The second-order valence-electron chi connectivity index (χ2n) is 8.32. The minimum absolute atomic E-state index is 0.0768. The van der Waals surface area contributed by atoms with Crippen LogP contribution in [0.25, 0.3) is 0 Å². The Morgan fingerprint density at radius 3 is 2.38 bits per heavy atom. The number of carboxylic acid groups (broad SMARTS) is 1. The van der Waals surface area contributed by atoms with Crippen LogP contribution in [0, 0.1) is 5.92 Å². The van der Waals surface area contributed by atoms with E-state index in [1.807, 2.05) is 4.90 Å². The minimum Gasteiger partial charge on any atom is -0.476 e. The molecule has 182 valence electrons. The van der Waals surface area contributed by atoms with E-state index in [-0.39, 0.29) is 23.6 Å². The highest BCUT2D eigenvalue weighted by molar-refractivity contribution is 7.09. The SMILES string of the molecule is CCCCCCN(C(=O)CCCC)C(CC(OC(=O)NC)c1nc(C(=O)O)cs1)C(C)C. The van der Waals surface area contributed by atoms with Crippen molar-refractivity contribution in [3.8, 4) is 0 Å². The van der Waals surface area contributed by atoms with Gasteiger partial charge >= 0.3 is 12.1 Å². The quantitative estimate of drug-likeness (QED) is 0.340. The molecular weight excluding hydrogens is 430 g/mol. The average Bonchev–Trinajstić information content (AvgIpc) is 3.25. The molecule has 1 aromatic rings. The maximum absolute atomic E-state index is 13.1. The number of unbranched alkanes of at least 4 members (excludes halogenated alkanes) is 4. The van der Waals surface area contributed by atoms with Crippen LogP contribution in [-0.4, -0.2) is 52.6 Å². The van der Waals surface area contributed by atoms with E-state index in [9.17, 15) is 19.5 Å². The topological polar surface area (TPSA) is 109 Å². The van der Waals surface area contributed by atoms with Gasteiger partial charge in [-0.1, -0.05) is 53.4 Å². The lowest BCUT2D eigenvalue weighted by molar-refractivity contribution is -0.135. The minimum atomic E-state index is -1.13. The van der Waals surface area contributed by atoms with Gasteiger partial charge in [-0.15, -0.1) is 11.3 Å². The first-order valence-electron chi connectivity index (χ1n) is 11.6. The Hall–Kier alpha value is -2.16. The highest BCUT2D eigenvalue weighted by Gasteiger charge is 2.32. The molecule has 9 heteroatoms. The number of rotatable bonds is 15. The summed E-state index contributed by atoms with van der Waals surface area (Å²) in [5, 5.41) is 13.5. The number of amides is 2. The van der Waals surface area contributed by atoms with Gasteiger partial charge in [-0.25, -0.2) is 14.6 Å². The van der Waals surface area contributed by atoms with E-state index >= 15 is 0 Å². The van der Waals surface area contributed by atoms with E-state index in [4.69, 9.17) is 4.74 Å². The molecule has 1 rings (SSSR count). The first kappa shape index (κ1) is 27.9. The third-order valence-electron chi connectivity index (χ3n) is 5.41. The summed E-state index contributed by atoms with van der Waals surface area (Å²) in [7, 11) is 1.47. The summed E-state index contributed by atoms with van der Waals surface area (Å²) in [6.45, 7) is 8.99. The molecule has 0 bridgehead atoms. The van der Waals surface area contributed by atoms with E-state index in [1.54, 1.807) is 0 Å². The predicted octanol–water partition coefficient (Wildman–Crippen LogP) is 5.25. The van der Waals surface area contributed by atoms with E-state index in [2.05, 4.69) is 38.0 Å². The molecule has 8 nitrogen and oxygen atoms in total. The van der Waals surface area contributed by atoms with E-state index in [0.29, 0.717) is 24.4 Å². The zero-order valence-electron chi connectivity index (χ0n) is 20.1. The number of aromatic carboxylic acids is 1. The lowest BCUT2D eigenvalue weighted by Gasteiger charge is -2.36. The Balaban J connectivity index is 3.17. The van der Waals surface area contributed by atoms with E-state index in [1.165, 1.54) is 12.4 Å². The molecule has 0 fully saturated rings. The first-order chi connectivity index (χ1) is 15.2. The van der Waals surface area contributed by atoms with Crippen molar-refractivity contribution >= 4 is 29.3 Å². The van der Waals surface area contributed by atoms with Gasteiger partial charge in [0.2, 0.25) is 5.91 Å². The van der Waals surface area contributed by atoms with Gasteiger partial charge in [0, 0.05) is 37.9 Å². The molecule has 0 aliphatic rings. The molecule has 0 aliphatic carbocycles. The van der Waals surface area contributed by atoms with Crippen molar-refractivity contribution in [1.29, 1.82) is 0 Å². The normalized spacial score (nSPS) is 12.9. The van der Waals surface area contributed by atoms with Crippen LogP contribution in [0.3, 0.4) is 0 Å².